The topological polar surface area (TPSA) is 89.0 Å². The molecule has 2 rings (SSSR count). The quantitative estimate of drug-likeness (QED) is 0.359. The number of benzene rings is 2. The predicted molar refractivity (Wildman–Crippen MR) is 157 cm³/mol. The van der Waals surface area contributed by atoms with E-state index in [0.29, 0.717) is 12.2 Å². The summed E-state index contributed by atoms with van der Waals surface area (Å²) in [7, 11) is 0. The number of ether oxygens (including phenoxy) is 2. The van der Waals surface area contributed by atoms with Crippen molar-refractivity contribution in [3.05, 3.63) is 77.6 Å². The molecule has 2 aromatic rings. The lowest BCUT2D eigenvalue weighted by atomic mass is 10.0. The third-order valence-corrected chi connectivity index (χ3v) is 4.70. The summed E-state index contributed by atoms with van der Waals surface area (Å²) in [6.07, 6.45) is 1.89. The smallest absolute Gasteiger partial charge is 0.434 e. The van der Waals surface area contributed by atoms with Gasteiger partial charge in [-0.1, -0.05) is 61.9 Å². The highest BCUT2D eigenvalue weighted by Crippen LogP contribution is 2.12. The van der Waals surface area contributed by atoms with E-state index >= 15 is 0 Å². The number of carbonyl (C=O) groups excluding carboxylic acids is 2. The summed E-state index contributed by atoms with van der Waals surface area (Å²) in [6, 6.07) is 16.2. The minimum absolute atomic E-state index is 0.383. The molecule has 208 valence electrons. The van der Waals surface area contributed by atoms with E-state index in [1.54, 1.807) is 0 Å². The Hall–Kier alpha value is -3.61. The summed E-state index contributed by atoms with van der Waals surface area (Å²) >= 11 is 0. The summed E-state index contributed by atoms with van der Waals surface area (Å²) in [5.74, 6) is 0.383. The Bertz CT molecular complexity index is 1070. The number of aliphatic imine (C=N–C) groups is 1. The van der Waals surface area contributed by atoms with E-state index in [-0.39, 0.29) is 0 Å². The van der Waals surface area contributed by atoms with Crippen LogP contribution >= 0.6 is 0 Å². The lowest BCUT2D eigenvalue weighted by Gasteiger charge is -2.20. The molecule has 7 heteroatoms. The summed E-state index contributed by atoms with van der Waals surface area (Å²) in [5, 5.41) is 5.51. The lowest BCUT2D eigenvalue weighted by molar-refractivity contribution is 0.0544. The van der Waals surface area contributed by atoms with Crippen LogP contribution in [0.3, 0.4) is 0 Å². The van der Waals surface area contributed by atoms with Crippen LogP contribution in [0.2, 0.25) is 0 Å². The van der Waals surface area contributed by atoms with Gasteiger partial charge in [0.2, 0.25) is 0 Å². The van der Waals surface area contributed by atoms with Crippen LogP contribution in [0.25, 0.3) is 0 Å². The second kappa shape index (κ2) is 15.0. The molecule has 38 heavy (non-hydrogen) atoms. The van der Waals surface area contributed by atoms with Gasteiger partial charge in [-0.25, -0.2) is 9.59 Å². The molecule has 0 spiro atoms. The van der Waals surface area contributed by atoms with E-state index in [1.807, 2.05) is 79.7 Å². The van der Waals surface area contributed by atoms with Crippen LogP contribution < -0.4 is 10.6 Å². The summed E-state index contributed by atoms with van der Waals surface area (Å²) < 4.78 is 10.3. The van der Waals surface area contributed by atoms with Gasteiger partial charge in [0, 0.05) is 17.8 Å². The van der Waals surface area contributed by atoms with Crippen molar-refractivity contribution in [3.8, 4) is 0 Å². The van der Waals surface area contributed by atoms with E-state index in [0.717, 1.165) is 29.8 Å². The van der Waals surface area contributed by atoms with Crippen molar-refractivity contribution in [2.45, 2.75) is 92.8 Å². The van der Waals surface area contributed by atoms with Gasteiger partial charge in [0.15, 0.2) is 0 Å². The molecule has 0 bridgehead atoms. The number of nitrogens with zero attached hydrogens (tertiary/aromatic N) is 1. The highest BCUT2D eigenvalue weighted by molar-refractivity contribution is 5.93. The van der Waals surface area contributed by atoms with Gasteiger partial charge in [-0.3, -0.25) is 5.32 Å². The van der Waals surface area contributed by atoms with Gasteiger partial charge in [-0.2, -0.15) is 4.99 Å². The van der Waals surface area contributed by atoms with E-state index in [9.17, 15) is 9.59 Å². The standard InChI is InChI=1S/C17H25NO2.C14H20N2O2/c1-6-7-14-8-10-15(11-9-14)12-13(2)18-16(19)20-17(3,4)5;1-10-6-8-12(9-7-10)15-11(2)16-13(17)18-14(3,4)5/h8-11H,6-7,12H2,1-5H3;6-9,15H,2H2,1,3-5H3,(H,16,17). The zero-order valence-corrected chi connectivity index (χ0v) is 24.5. The van der Waals surface area contributed by atoms with Gasteiger partial charge in [-0.05, 0) is 85.1 Å². The van der Waals surface area contributed by atoms with Crippen LogP contribution in [-0.2, 0) is 22.3 Å². The molecule has 0 aromatic heterocycles. The minimum atomic E-state index is -0.521. The van der Waals surface area contributed by atoms with E-state index in [1.165, 1.54) is 11.1 Å². The predicted octanol–water partition coefficient (Wildman–Crippen LogP) is 7.98. The number of anilines is 1. The monoisotopic (exact) mass is 523 g/mol. The van der Waals surface area contributed by atoms with Gasteiger partial charge in [0.25, 0.3) is 0 Å². The molecule has 0 radical (unpaired) electrons. The van der Waals surface area contributed by atoms with E-state index in [2.05, 4.69) is 53.4 Å². The van der Waals surface area contributed by atoms with Crippen LogP contribution in [0, 0.1) is 6.92 Å². The Kier molecular flexibility index (Phi) is 12.8. The summed E-state index contributed by atoms with van der Waals surface area (Å²) in [4.78, 5) is 27.0. The maximum absolute atomic E-state index is 11.6. The molecule has 2 aromatic carbocycles. The van der Waals surface area contributed by atoms with Gasteiger partial charge in [0.1, 0.15) is 17.0 Å². The molecule has 0 aliphatic carbocycles. The number of hydrogen-bond acceptors (Lipinski definition) is 5. The molecular formula is C31H45N3O4. The van der Waals surface area contributed by atoms with Crippen molar-refractivity contribution in [1.82, 2.24) is 5.32 Å². The number of carbonyl (C=O) groups is 2. The van der Waals surface area contributed by atoms with Gasteiger partial charge < -0.3 is 14.8 Å². The van der Waals surface area contributed by atoms with Gasteiger partial charge in [-0.15, -0.1) is 0 Å². The molecule has 0 saturated carbocycles. The molecule has 0 aliphatic heterocycles. The average Bonchev–Trinajstić information content (AvgIpc) is 2.74. The largest absolute Gasteiger partial charge is 0.444 e. The molecule has 0 fully saturated rings. The van der Waals surface area contributed by atoms with Crippen LogP contribution in [-0.4, -0.2) is 29.1 Å². The Morgan fingerprint density at radius 1 is 0.868 bits per heavy atom. The molecule has 7 nitrogen and oxygen atoms in total. The Morgan fingerprint density at radius 3 is 1.89 bits per heavy atom. The highest BCUT2D eigenvalue weighted by atomic mass is 16.6. The minimum Gasteiger partial charge on any atom is -0.444 e. The number of amides is 2. The molecule has 0 unspecified atom stereocenters. The Balaban J connectivity index is 0.000000382. The van der Waals surface area contributed by atoms with Crippen LogP contribution in [0.5, 0.6) is 0 Å². The van der Waals surface area contributed by atoms with Crippen LogP contribution in [0.1, 0.15) is 78.5 Å². The van der Waals surface area contributed by atoms with Crippen LogP contribution in [0.15, 0.2) is 65.9 Å². The number of aryl methyl sites for hydroxylation is 2. The molecule has 0 aliphatic rings. The van der Waals surface area contributed by atoms with Crippen molar-refractivity contribution >= 4 is 23.6 Å². The number of hydrogen-bond donors (Lipinski definition) is 2. The van der Waals surface area contributed by atoms with Crippen molar-refractivity contribution in [2.75, 3.05) is 5.32 Å². The number of alkyl carbamates (subject to hydrolysis) is 1. The SMILES string of the molecule is C=C(NC(=O)OC(C)(C)C)Nc1ccc(C)cc1.CCCc1ccc(CC(C)=NC(=O)OC(C)(C)C)cc1. The normalized spacial score (nSPS) is 11.6. The first-order valence-electron chi connectivity index (χ1n) is 12.9. The van der Waals surface area contributed by atoms with E-state index in [4.69, 9.17) is 9.47 Å². The Morgan fingerprint density at radius 2 is 1.39 bits per heavy atom. The first kappa shape index (κ1) is 32.4. The molecule has 2 amide bonds. The molecule has 2 N–H and O–H groups in total. The van der Waals surface area contributed by atoms with Crippen molar-refractivity contribution < 1.29 is 19.1 Å². The molecular weight excluding hydrogens is 478 g/mol. The lowest BCUT2D eigenvalue weighted by Crippen LogP contribution is -2.33. The molecule has 0 atom stereocenters. The van der Waals surface area contributed by atoms with Crippen molar-refractivity contribution in [3.63, 3.8) is 0 Å². The molecule has 0 heterocycles. The summed E-state index contributed by atoms with van der Waals surface area (Å²) in [6.45, 7) is 20.7. The maximum Gasteiger partial charge on any atom is 0.434 e. The van der Waals surface area contributed by atoms with Gasteiger partial charge >= 0.3 is 12.2 Å². The van der Waals surface area contributed by atoms with Crippen LogP contribution in [0.4, 0.5) is 15.3 Å². The third-order valence-electron chi connectivity index (χ3n) is 4.70. The van der Waals surface area contributed by atoms with Crippen molar-refractivity contribution in [1.29, 1.82) is 0 Å². The Labute approximate surface area is 228 Å². The van der Waals surface area contributed by atoms with Gasteiger partial charge in [0.05, 0.1) is 0 Å². The summed E-state index contributed by atoms with van der Waals surface area (Å²) in [5.41, 5.74) is 4.29. The van der Waals surface area contributed by atoms with E-state index < -0.39 is 23.4 Å². The number of rotatable bonds is 7. The third kappa shape index (κ3) is 15.5. The highest BCUT2D eigenvalue weighted by Gasteiger charge is 2.17. The second-order valence-electron chi connectivity index (χ2n) is 11.2. The zero-order valence-electron chi connectivity index (χ0n) is 24.5. The average molecular weight is 524 g/mol. The first-order valence-corrected chi connectivity index (χ1v) is 12.9. The number of nitrogens with one attached hydrogen (secondary N) is 2. The fourth-order valence-electron chi connectivity index (χ4n) is 3.16. The molecule has 0 saturated heterocycles. The fraction of sp³-hybridized carbons (Fsp3) is 0.452. The zero-order chi connectivity index (χ0) is 28.9. The first-order chi connectivity index (χ1) is 17.6. The van der Waals surface area contributed by atoms with Crippen molar-refractivity contribution in [2.24, 2.45) is 4.99 Å². The fourth-order valence-corrected chi connectivity index (χ4v) is 3.16. The maximum atomic E-state index is 11.6. The second-order valence-corrected chi connectivity index (χ2v) is 11.2.